The van der Waals surface area contributed by atoms with Gasteiger partial charge in [-0.3, -0.25) is 19.8 Å². The van der Waals surface area contributed by atoms with Gasteiger partial charge in [0.15, 0.2) is 0 Å². The third-order valence-corrected chi connectivity index (χ3v) is 10.2. The number of fused-ring (bicyclic) bond motifs is 1. The summed E-state index contributed by atoms with van der Waals surface area (Å²) in [6.45, 7) is 6.20. The highest BCUT2D eigenvalue weighted by Crippen LogP contribution is 2.36. The molecule has 2 aromatic heterocycles. The fraction of sp³-hybridized carbons (Fsp3) is 0.333. The van der Waals surface area contributed by atoms with Gasteiger partial charge in [-0.1, -0.05) is 44.2 Å². The van der Waals surface area contributed by atoms with E-state index in [2.05, 4.69) is 104 Å². The van der Waals surface area contributed by atoms with Crippen LogP contribution in [0, 0.1) is 0 Å². The molecule has 1 saturated carbocycles. The van der Waals surface area contributed by atoms with Crippen LogP contribution in [-0.2, 0) is 34.7 Å². The Hall–Kier alpha value is -5.62. The van der Waals surface area contributed by atoms with E-state index in [0.717, 1.165) is 48.8 Å². The maximum Gasteiger partial charge on any atom is 0.269 e. The number of rotatable bonds is 11. The molecule has 5 aromatic rings. The van der Waals surface area contributed by atoms with Gasteiger partial charge in [0.1, 0.15) is 24.2 Å². The zero-order chi connectivity index (χ0) is 35.0. The molecule has 12 nitrogen and oxygen atoms in total. The van der Waals surface area contributed by atoms with Crippen LogP contribution in [0.4, 0.5) is 5.69 Å². The van der Waals surface area contributed by atoms with Crippen molar-refractivity contribution in [2.24, 2.45) is 0 Å². The highest BCUT2D eigenvalue weighted by atomic mass is 16.5. The molecule has 51 heavy (non-hydrogen) atoms. The van der Waals surface area contributed by atoms with Gasteiger partial charge in [0.05, 0.1) is 24.1 Å². The minimum atomic E-state index is -0.243. The molecule has 1 atom stereocenters. The highest BCUT2D eigenvalue weighted by Gasteiger charge is 2.35. The zero-order valence-electron chi connectivity index (χ0n) is 28.7. The number of nitrogens with zero attached hydrogens (tertiary/aromatic N) is 6. The van der Waals surface area contributed by atoms with Gasteiger partial charge in [-0.05, 0) is 71.1 Å². The largest absolute Gasteiger partial charge is 0.490 e. The number of carbonyl (C=O) groups excluding carboxylic acids is 2. The molecule has 1 saturated heterocycles. The predicted octanol–water partition coefficient (Wildman–Crippen LogP) is 5.10. The molecule has 0 radical (unpaired) electrons. The van der Waals surface area contributed by atoms with Crippen LogP contribution >= 0.6 is 0 Å². The summed E-state index contributed by atoms with van der Waals surface area (Å²) in [4.78, 5) is 36.2. The molecule has 2 N–H and O–H groups in total. The Morgan fingerprint density at radius 1 is 0.863 bits per heavy atom. The van der Waals surface area contributed by atoms with Crippen LogP contribution in [0.2, 0.25) is 0 Å². The van der Waals surface area contributed by atoms with Crippen molar-refractivity contribution in [2.75, 3.05) is 5.32 Å². The van der Waals surface area contributed by atoms with Crippen molar-refractivity contribution >= 4 is 17.5 Å². The summed E-state index contributed by atoms with van der Waals surface area (Å²) in [6.07, 6.45) is 7.85. The first-order valence-corrected chi connectivity index (χ1v) is 17.4. The topological polar surface area (TPSA) is 136 Å². The van der Waals surface area contributed by atoms with Crippen molar-refractivity contribution in [1.82, 2.24) is 35.2 Å². The second-order valence-corrected chi connectivity index (χ2v) is 14.0. The smallest absolute Gasteiger partial charge is 0.269 e. The normalized spacial score (nSPS) is 20.3. The zero-order valence-corrected chi connectivity index (χ0v) is 28.7. The molecule has 4 heterocycles. The van der Waals surface area contributed by atoms with E-state index in [1.165, 1.54) is 27.1 Å². The summed E-state index contributed by atoms with van der Waals surface area (Å²) in [5.41, 5.74) is 6.48. The summed E-state index contributed by atoms with van der Waals surface area (Å²) in [5, 5.41) is 14.3. The molecule has 3 aliphatic rings. The van der Waals surface area contributed by atoms with Crippen molar-refractivity contribution in [2.45, 2.75) is 82.8 Å². The van der Waals surface area contributed by atoms with Gasteiger partial charge < -0.3 is 14.8 Å². The first-order valence-electron chi connectivity index (χ1n) is 17.4. The van der Waals surface area contributed by atoms with E-state index in [1.54, 1.807) is 18.6 Å². The molecule has 0 bridgehead atoms. The molecule has 2 amide bonds. The van der Waals surface area contributed by atoms with Crippen LogP contribution in [0.15, 0.2) is 91.4 Å². The van der Waals surface area contributed by atoms with Crippen molar-refractivity contribution < 1.29 is 19.1 Å². The van der Waals surface area contributed by atoms with E-state index in [9.17, 15) is 9.59 Å². The summed E-state index contributed by atoms with van der Waals surface area (Å²) in [6, 6.07) is 25.0. The van der Waals surface area contributed by atoms with Gasteiger partial charge in [-0.25, -0.2) is 9.97 Å². The molecule has 8 rings (SSSR count). The molecule has 1 aliphatic carbocycles. The van der Waals surface area contributed by atoms with Crippen LogP contribution in [-0.4, -0.2) is 59.9 Å². The average molecular weight is 685 g/mol. The van der Waals surface area contributed by atoms with E-state index in [0.29, 0.717) is 31.4 Å². The summed E-state index contributed by atoms with van der Waals surface area (Å²) < 4.78 is 12.3. The fourth-order valence-electron chi connectivity index (χ4n) is 7.09. The molecule has 2 fully saturated rings. The molecular weight excluding hydrogens is 644 g/mol. The van der Waals surface area contributed by atoms with E-state index < -0.39 is 0 Å². The minimum absolute atomic E-state index is 0.169. The minimum Gasteiger partial charge on any atom is -0.490 e. The van der Waals surface area contributed by atoms with Crippen LogP contribution < -0.4 is 20.1 Å². The number of anilines is 1. The Balaban J connectivity index is 0.804. The first kappa shape index (κ1) is 32.6. The second-order valence-electron chi connectivity index (χ2n) is 14.0. The molecule has 2 aliphatic heterocycles. The molecule has 3 aromatic carbocycles. The second kappa shape index (κ2) is 13.6. The number of carbonyl (C=O) groups is 2. The Morgan fingerprint density at radius 3 is 2.29 bits per heavy atom. The number of benzene rings is 3. The van der Waals surface area contributed by atoms with Gasteiger partial charge in [0, 0.05) is 55.7 Å². The van der Waals surface area contributed by atoms with Crippen LogP contribution in [0.5, 0.6) is 11.5 Å². The van der Waals surface area contributed by atoms with Crippen molar-refractivity contribution in [3.63, 3.8) is 0 Å². The van der Waals surface area contributed by atoms with Crippen molar-refractivity contribution in [3.8, 4) is 17.4 Å². The molecule has 0 spiro atoms. The Bertz CT molecular complexity index is 2030. The Kier molecular flexibility index (Phi) is 8.68. The Labute approximate surface area is 296 Å². The van der Waals surface area contributed by atoms with Crippen LogP contribution in [0.3, 0.4) is 0 Å². The van der Waals surface area contributed by atoms with Gasteiger partial charge >= 0.3 is 0 Å². The average Bonchev–Trinajstić information content (AvgIpc) is 3.81. The standard InChI is InChI=1S/C39H40N8O4/c1-39(2,27-4-9-32(10-5-27)50-24-30-15-16-40-38(44-30)47-41-17-18-42-47)28-6-11-33(12-7-28)51-34-20-31(21-34)43-29-8-3-25-22-46(23-26(25)19-29)35-13-14-36(48)45-37(35)49/h3-12,15-19,31,34-35,43H,13-14,20-24H2,1-2H3,(H,45,48,49). The summed E-state index contributed by atoms with van der Waals surface area (Å²) >= 11 is 0. The van der Waals surface area contributed by atoms with Crippen LogP contribution in [0.25, 0.3) is 5.95 Å². The molecule has 260 valence electrons. The fourth-order valence-corrected chi connectivity index (χ4v) is 7.09. The number of imide groups is 1. The highest BCUT2D eigenvalue weighted by molar-refractivity contribution is 6.00. The van der Waals surface area contributed by atoms with Crippen molar-refractivity contribution in [1.29, 1.82) is 0 Å². The lowest BCUT2D eigenvalue weighted by Crippen LogP contribution is -2.50. The van der Waals surface area contributed by atoms with Gasteiger partial charge in [0.2, 0.25) is 11.8 Å². The van der Waals surface area contributed by atoms with Gasteiger partial charge in [-0.15, -0.1) is 4.80 Å². The lowest BCUT2D eigenvalue weighted by Gasteiger charge is -2.36. The third-order valence-electron chi connectivity index (χ3n) is 10.2. The van der Waals surface area contributed by atoms with Crippen LogP contribution in [0.1, 0.15) is 67.5 Å². The first-order chi connectivity index (χ1) is 24.8. The summed E-state index contributed by atoms with van der Waals surface area (Å²) in [7, 11) is 0. The number of hydrogen-bond donors (Lipinski definition) is 2. The number of aromatic nitrogens is 5. The lowest BCUT2D eigenvalue weighted by molar-refractivity contribution is -0.137. The monoisotopic (exact) mass is 684 g/mol. The van der Waals surface area contributed by atoms with E-state index in [-0.39, 0.29) is 29.4 Å². The molecule has 1 unspecified atom stereocenters. The Morgan fingerprint density at radius 2 is 1.57 bits per heavy atom. The number of ether oxygens (including phenoxy) is 2. The van der Waals surface area contributed by atoms with Crippen molar-refractivity contribution in [3.05, 3.63) is 119 Å². The SMILES string of the molecule is CC(C)(c1ccc(OCc2ccnc(-n3nccn3)n2)cc1)c1ccc(OC2CC(Nc3ccc4c(c3)CN(C3CCC(=O)NC3=O)C4)C2)cc1. The van der Waals surface area contributed by atoms with E-state index in [1.807, 2.05) is 18.2 Å². The number of hydrogen-bond acceptors (Lipinski definition) is 10. The summed E-state index contributed by atoms with van der Waals surface area (Å²) in [5.74, 6) is 1.69. The number of nitrogens with one attached hydrogen (secondary N) is 2. The maximum absolute atomic E-state index is 12.4. The molecular formula is C39H40N8O4. The number of piperidine rings is 1. The lowest BCUT2D eigenvalue weighted by atomic mass is 9.78. The quantitative estimate of drug-likeness (QED) is 0.181. The van der Waals surface area contributed by atoms with E-state index in [4.69, 9.17) is 9.47 Å². The number of amides is 2. The molecule has 12 heteroatoms. The predicted molar refractivity (Wildman–Crippen MR) is 189 cm³/mol. The van der Waals surface area contributed by atoms with Gasteiger partial charge in [0.25, 0.3) is 5.95 Å². The van der Waals surface area contributed by atoms with E-state index >= 15 is 0 Å². The third kappa shape index (κ3) is 7.04. The maximum atomic E-state index is 12.4. The van der Waals surface area contributed by atoms with Gasteiger partial charge in [-0.2, -0.15) is 10.2 Å².